The molecule has 0 saturated carbocycles. The molecule has 1 amide bonds. The molecule has 1 aromatic heterocycles. The molecule has 4 heterocycles. The van der Waals surface area contributed by atoms with Crippen LogP contribution in [0.4, 0.5) is 11.5 Å². The lowest BCUT2D eigenvalue weighted by Crippen LogP contribution is -2.55. The zero-order valence-electron chi connectivity index (χ0n) is 24.6. The Morgan fingerprint density at radius 3 is 2.81 bits per heavy atom. The van der Waals surface area contributed by atoms with Crippen LogP contribution in [0.5, 0.6) is 6.01 Å². The van der Waals surface area contributed by atoms with Crippen molar-refractivity contribution >= 4 is 28.2 Å². The highest BCUT2D eigenvalue weighted by Crippen LogP contribution is 2.35. The summed E-state index contributed by atoms with van der Waals surface area (Å²) in [7, 11) is 2.14. The first-order valence-electron chi connectivity index (χ1n) is 15.0. The molecule has 42 heavy (non-hydrogen) atoms. The van der Waals surface area contributed by atoms with Gasteiger partial charge in [0, 0.05) is 48.9 Å². The average molecular weight is 566 g/mol. The second-order valence-corrected chi connectivity index (χ2v) is 11.7. The van der Waals surface area contributed by atoms with E-state index in [4.69, 9.17) is 14.7 Å². The van der Waals surface area contributed by atoms with Gasteiger partial charge in [0.25, 0.3) is 0 Å². The topological polar surface area (TPSA) is 88.8 Å². The van der Waals surface area contributed by atoms with Gasteiger partial charge < -0.3 is 24.3 Å². The second kappa shape index (κ2) is 12.0. The van der Waals surface area contributed by atoms with E-state index in [1.165, 1.54) is 34.5 Å². The summed E-state index contributed by atoms with van der Waals surface area (Å²) in [5, 5.41) is 12.0. The Labute approximate surface area is 248 Å². The van der Waals surface area contributed by atoms with Crippen LogP contribution >= 0.6 is 0 Å². The molecular formula is C33H39N7O2. The van der Waals surface area contributed by atoms with Gasteiger partial charge in [-0.1, -0.05) is 36.4 Å². The molecule has 3 aliphatic rings. The molecule has 0 spiro atoms. The molecular weight excluding hydrogens is 526 g/mol. The Bertz CT molecular complexity index is 1530. The molecule has 3 aromatic rings. The number of nitriles is 1. The number of fused-ring (bicyclic) bond motifs is 2. The summed E-state index contributed by atoms with van der Waals surface area (Å²) < 4.78 is 6.30. The second-order valence-electron chi connectivity index (χ2n) is 11.7. The van der Waals surface area contributed by atoms with E-state index in [0.717, 1.165) is 43.0 Å². The van der Waals surface area contributed by atoms with E-state index in [9.17, 15) is 10.1 Å². The smallest absolute Gasteiger partial charge is 0.318 e. The fourth-order valence-electron chi connectivity index (χ4n) is 6.66. The summed E-state index contributed by atoms with van der Waals surface area (Å²) in [5.41, 5.74) is 4.56. The van der Waals surface area contributed by atoms with Crippen LogP contribution in [0, 0.1) is 18.3 Å². The lowest BCUT2D eigenvalue weighted by Gasteiger charge is -2.42. The maximum absolute atomic E-state index is 12.5. The third kappa shape index (κ3) is 5.51. The number of carbonyl (C=O) groups excluding carboxylic acids is 1. The molecule has 0 radical (unpaired) electrons. The quantitative estimate of drug-likeness (QED) is 0.396. The Morgan fingerprint density at radius 1 is 1.14 bits per heavy atom. The first-order chi connectivity index (χ1) is 20.4. The van der Waals surface area contributed by atoms with Crippen molar-refractivity contribution in [3.05, 3.63) is 65.9 Å². The lowest BCUT2D eigenvalue weighted by atomic mass is 10.0. The number of likely N-dealkylation sites (tertiary alicyclic amines) is 1. The number of carbonyl (C=O) groups is 1. The van der Waals surface area contributed by atoms with Crippen LogP contribution in [0.1, 0.15) is 36.1 Å². The zero-order valence-corrected chi connectivity index (χ0v) is 24.6. The van der Waals surface area contributed by atoms with E-state index >= 15 is 0 Å². The monoisotopic (exact) mass is 565 g/mol. The number of amides is 1. The number of aryl methyl sites for hydroxylation is 1. The van der Waals surface area contributed by atoms with Crippen molar-refractivity contribution in [2.45, 2.75) is 51.2 Å². The number of piperazine rings is 1. The van der Waals surface area contributed by atoms with Crippen LogP contribution in [-0.2, 0) is 17.8 Å². The van der Waals surface area contributed by atoms with Crippen LogP contribution in [0.3, 0.4) is 0 Å². The predicted octanol–water partition coefficient (Wildman–Crippen LogP) is 4.09. The maximum Gasteiger partial charge on any atom is 0.318 e. The van der Waals surface area contributed by atoms with E-state index in [1.807, 2.05) is 0 Å². The Balaban J connectivity index is 1.33. The zero-order chi connectivity index (χ0) is 29.2. The molecule has 0 N–H and O–H groups in total. The number of benzene rings is 2. The molecule has 0 aliphatic carbocycles. The van der Waals surface area contributed by atoms with E-state index in [-0.39, 0.29) is 18.4 Å². The molecule has 3 aliphatic heterocycles. The number of aromatic nitrogens is 2. The molecule has 9 nitrogen and oxygen atoms in total. The standard InChI is InChI=1S/C33H39N7O2/c1-4-31(41)40-18-17-39(20-25(40)12-14-34)32-27-13-16-38(30-9-5-7-24-11-10-23(2)19-28(24)30)21-29(27)35-33(36-32)42-22-26-8-6-15-37(26)3/h4-5,7,9-11,19,25-26H,1,6,8,12-13,15-18,20-22H2,2-3H3/t25-,26-/m0/s1. The highest BCUT2D eigenvalue weighted by molar-refractivity contribution is 5.95. The van der Waals surface area contributed by atoms with Gasteiger partial charge >= 0.3 is 6.01 Å². The minimum Gasteiger partial charge on any atom is -0.462 e. The summed E-state index contributed by atoms with van der Waals surface area (Å²) in [5.74, 6) is 0.738. The summed E-state index contributed by atoms with van der Waals surface area (Å²) in [4.78, 5) is 31.2. The van der Waals surface area contributed by atoms with Crippen molar-refractivity contribution in [3.63, 3.8) is 0 Å². The van der Waals surface area contributed by atoms with Crippen molar-refractivity contribution in [2.24, 2.45) is 0 Å². The first kappa shape index (κ1) is 28.0. The largest absolute Gasteiger partial charge is 0.462 e. The van der Waals surface area contributed by atoms with E-state index in [2.05, 4.69) is 77.7 Å². The first-order valence-corrected chi connectivity index (χ1v) is 15.0. The normalized spacial score (nSPS) is 20.8. The third-order valence-corrected chi connectivity index (χ3v) is 9.02. The molecule has 6 rings (SSSR count). The van der Waals surface area contributed by atoms with Crippen LogP contribution in [0.15, 0.2) is 49.1 Å². The number of nitrogens with zero attached hydrogens (tertiary/aromatic N) is 7. The predicted molar refractivity (Wildman–Crippen MR) is 165 cm³/mol. The van der Waals surface area contributed by atoms with Gasteiger partial charge in [0.05, 0.1) is 30.8 Å². The van der Waals surface area contributed by atoms with Crippen molar-refractivity contribution in [1.82, 2.24) is 19.8 Å². The Hall–Kier alpha value is -4.16. The summed E-state index contributed by atoms with van der Waals surface area (Å²) >= 11 is 0. The number of hydrogen-bond donors (Lipinski definition) is 0. The van der Waals surface area contributed by atoms with Gasteiger partial charge in [0.1, 0.15) is 12.4 Å². The van der Waals surface area contributed by atoms with Gasteiger partial charge in [-0.3, -0.25) is 4.79 Å². The molecule has 0 unspecified atom stereocenters. The average Bonchev–Trinajstić information content (AvgIpc) is 3.43. The van der Waals surface area contributed by atoms with Crippen molar-refractivity contribution in [2.75, 3.05) is 56.2 Å². The highest BCUT2D eigenvalue weighted by atomic mass is 16.5. The molecule has 9 heteroatoms. The van der Waals surface area contributed by atoms with Crippen molar-refractivity contribution < 1.29 is 9.53 Å². The molecule has 2 atom stereocenters. The number of hydrogen-bond acceptors (Lipinski definition) is 8. The van der Waals surface area contributed by atoms with Crippen molar-refractivity contribution in [1.29, 1.82) is 5.26 Å². The van der Waals surface area contributed by atoms with Crippen LogP contribution in [-0.4, -0.2) is 84.1 Å². The Morgan fingerprint density at radius 2 is 2.02 bits per heavy atom. The van der Waals surface area contributed by atoms with E-state index < -0.39 is 0 Å². The number of anilines is 2. The summed E-state index contributed by atoms with van der Waals surface area (Å²) in [6.45, 7) is 10.6. The van der Waals surface area contributed by atoms with Crippen molar-refractivity contribution in [3.8, 4) is 12.1 Å². The summed E-state index contributed by atoms with van der Waals surface area (Å²) in [6.07, 6.45) is 4.68. The third-order valence-electron chi connectivity index (χ3n) is 9.02. The minimum absolute atomic E-state index is 0.134. The molecule has 218 valence electrons. The molecule has 0 bridgehead atoms. The van der Waals surface area contributed by atoms with Gasteiger partial charge in [-0.15, -0.1) is 0 Å². The van der Waals surface area contributed by atoms with Gasteiger partial charge in [-0.25, -0.2) is 0 Å². The molecule has 2 fully saturated rings. The maximum atomic E-state index is 12.5. The van der Waals surface area contributed by atoms with Gasteiger partial charge in [-0.2, -0.15) is 15.2 Å². The van der Waals surface area contributed by atoms with Gasteiger partial charge in [0.15, 0.2) is 0 Å². The fourth-order valence-corrected chi connectivity index (χ4v) is 6.66. The lowest BCUT2D eigenvalue weighted by molar-refractivity contribution is -0.128. The van der Waals surface area contributed by atoms with Crippen LogP contribution in [0.25, 0.3) is 10.8 Å². The van der Waals surface area contributed by atoms with E-state index in [0.29, 0.717) is 44.8 Å². The molecule has 2 aromatic carbocycles. The molecule has 2 saturated heterocycles. The fraction of sp³-hybridized carbons (Fsp3) is 0.455. The summed E-state index contributed by atoms with van der Waals surface area (Å²) in [6, 6.07) is 15.9. The van der Waals surface area contributed by atoms with Gasteiger partial charge in [0.2, 0.25) is 5.91 Å². The van der Waals surface area contributed by atoms with Crippen LogP contribution < -0.4 is 14.5 Å². The minimum atomic E-state index is -0.226. The number of rotatable bonds is 7. The highest BCUT2D eigenvalue weighted by Gasteiger charge is 2.33. The SMILES string of the molecule is C=CC(=O)N1CCN(c2nc(OC[C@@H]3CCCN3C)nc3c2CCN(c2cccc4ccc(C)cc24)C3)C[C@@H]1CC#N. The van der Waals surface area contributed by atoms with E-state index in [1.54, 1.807) is 4.90 Å². The Kier molecular flexibility index (Phi) is 7.98. The number of likely N-dealkylation sites (N-methyl/N-ethyl adjacent to an activating group) is 1. The van der Waals surface area contributed by atoms with Gasteiger partial charge in [-0.05, 0) is 63.4 Å². The number of ether oxygens (including phenoxy) is 1. The van der Waals surface area contributed by atoms with Crippen LogP contribution in [0.2, 0.25) is 0 Å².